The van der Waals surface area contributed by atoms with Gasteiger partial charge in [0.2, 0.25) is 5.91 Å². The molecule has 0 spiro atoms. The predicted molar refractivity (Wildman–Crippen MR) is 167 cm³/mol. The van der Waals surface area contributed by atoms with Crippen LogP contribution in [-0.4, -0.2) is 35.4 Å². The van der Waals surface area contributed by atoms with Gasteiger partial charge < -0.3 is 15.0 Å². The largest absolute Gasteiger partial charge is 0.483 e. The lowest BCUT2D eigenvalue weighted by atomic mass is 9.87. The van der Waals surface area contributed by atoms with E-state index in [9.17, 15) is 9.59 Å². The number of nitrogens with zero attached hydrogens (tertiary/aromatic N) is 1. The van der Waals surface area contributed by atoms with Gasteiger partial charge in [-0.3, -0.25) is 9.59 Å². The van der Waals surface area contributed by atoms with Crippen LogP contribution in [0.25, 0.3) is 0 Å². The quantitative estimate of drug-likeness (QED) is 0.230. The lowest BCUT2D eigenvalue weighted by Gasteiger charge is -2.32. The maximum atomic E-state index is 13.9. The molecule has 214 valence electrons. The molecule has 0 unspecified atom stereocenters. The molecule has 8 heteroatoms. The molecule has 0 aromatic heterocycles. The Kier molecular flexibility index (Phi) is 11.5. The van der Waals surface area contributed by atoms with Crippen LogP contribution in [0.2, 0.25) is 10.0 Å². The summed E-state index contributed by atoms with van der Waals surface area (Å²) in [4.78, 5) is 29.1. The number of ether oxygens (including phenoxy) is 1. The molecule has 3 rings (SSSR count). The van der Waals surface area contributed by atoms with Gasteiger partial charge in [0.25, 0.3) is 5.91 Å². The standard InChI is InChI=1S/C32H37BrCl2N2O3/c1-6-21(2)36-31(39)28(16-22-10-8-7-9-11-22)37(19-23-12-14-25(34)18-27(23)35)30(38)20-40-29-15-13-24(17-26(29)33)32(3,4)5/h7-15,17-18,21,28H,6,16,19-20H2,1-5H3,(H,36,39)/t21-,28-/m0/s1. The van der Waals surface area contributed by atoms with E-state index in [1.807, 2.05) is 62.4 Å². The molecule has 0 aliphatic carbocycles. The normalized spacial score (nSPS) is 12.9. The Bertz CT molecular complexity index is 1310. The first kappa shape index (κ1) is 32.0. The fraction of sp³-hybridized carbons (Fsp3) is 0.375. The minimum absolute atomic E-state index is 0.0286. The van der Waals surface area contributed by atoms with Crippen LogP contribution in [0.3, 0.4) is 0 Å². The van der Waals surface area contributed by atoms with Crippen LogP contribution in [0.5, 0.6) is 5.75 Å². The fourth-order valence-corrected chi connectivity index (χ4v) is 5.10. The van der Waals surface area contributed by atoms with E-state index in [0.717, 1.165) is 22.0 Å². The molecular formula is C32H37BrCl2N2O3. The minimum atomic E-state index is -0.786. The number of hydrogen-bond acceptors (Lipinski definition) is 3. The van der Waals surface area contributed by atoms with Crippen LogP contribution >= 0.6 is 39.1 Å². The highest BCUT2D eigenvalue weighted by molar-refractivity contribution is 9.10. The van der Waals surface area contributed by atoms with Crippen LogP contribution in [0.1, 0.15) is 57.7 Å². The number of benzene rings is 3. The predicted octanol–water partition coefficient (Wildman–Crippen LogP) is 7.99. The number of amides is 2. The highest BCUT2D eigenvalue weighted by Crippen LogP contribution is 2.32. The van der Waals surface area contributed by atoms with Crippen molar-refractivity contribution in [2.45, 2.75) is 71.5 Å². The summed E-state index contributed by atoms with van der Waals surface area (Å²) in [6.07, 6.45) is 1.10. The highest BCUT2D eigenvalue weighted by Gasteiger charge is 2.32. The maximum Gasteiger partial charge on any atom is 0.261 e. The van der Waals surface area contributed by atoms with Gasteiger partial charge in [-0.25, -0.2) is 0 Å². The van der Waals surface area contributed by atoms with E-state index in [1.165, 1.54) is 0 Å². The summed E-state index contributed by atoms with van der Waals surface area (Å²) in [6, 6.07) is 19.8. The number of nitrogens with one attached hydrogen (secondary N) is 1. The van der Waals surface area contributed by atoms with E-state index in [2.05, 4.69) is 42.0 Å². The minimum Gasteiger partial charge on any atom is -0.483 e. The zero-order chi connectivity index (χ0) is 29.4. The molecule has 0 saturated heterocycles. The van der Waals surface area contributed by atoms with Crippen molar-refractivity contribution in [3.63, 3.8) is 0 Å². The van der Waals surface area contributed by atoms with E-state index >= 15 is 0 Å². The Morgan fingerprint density at radius 3 is 2.33 bits per heavy atom. The molecule has 1 N–H and O–H groups in total. The lowest BCUT2D eigenvalue weighted by Crippen LogP contribution is -2.53. The van der Waals surface area contributed by atoms with E-state index in [0.29, 0.717) is 27.8 Å². The summed E-state index contributed by atoms with van der Waals surface area (Å²) in [7, 11) is 0. The molecule has 0 fully saturated rings. The Labute approximate surface area is 256 Å². The highest BCUT2D eigenvalue weighted by atomic mass is 79.9. The number of halogens is 3. The van der Waals surface area contributed by atoms with Crippen molar-refractivity contribution in [2.24, 2.45) is 0 Å². The Morgan fingerprint density at radius 1 is 1.02 bits per heavy atom. The first-order valence-electron chi connectivity index (χ1n) is 13.4. The first-order chi connectivity index (χ1) is 18.9. The van der Waals surface area contributed by atoms with Crippen LogP contribution < -0.4 is 10.1 Å². The van der Waals surface area contributed by atoms with Crippen molar-refractivity contribution in [1.82, 2.24) is 10.2 Å². The average Bonchev–Trinajstić information content (AvgIpc) is 2.90. The van der Waals surface area contributed by atoms with Gasteiger partial charge in [-0.1, -0.05) is 93.4 Å². The molecule has 0 radical (unpaired) electrons. The van der Waals surface area contributed by atoms with Gasteiger partial charge in [0, 0.05) is 29.1 Å². The summed E-state index contributed by atoms with van der Waals surface area (Å²) < 4.78 is 6.75. The SMILES string of the molecule is CC[C@H](C)NC(=O)[C@H](Cc1ccccc1)N(Cc1ccc(Cl)cc1Cl)C(=O)COc1ccc(C(C)(C)C)cc1Br. The van der Waals surface area contributed by atoms with Crippen LogP contribution in [0, 0.1) is 0 Å². The van der Waals surface area contributed by atoms with Gasteiger partial charge in [0.05, 0.1) is 4.47 Å². The topological polar surface area (TPSA) is 58.6 Å². The van der Waals surface area contributed by atoms with Crippen LogP contribution in [0.15, 0.2) is 71.2 Å². The monoisotopic (exact) mass is 646 g/mol. The second-order valence-corrected chi connectivity index (χ2v) is 12.7. The molecule has 0 heterocycles. The van der Waals surface area contributed by atoms with Crippen molar-refractivity contribution in [3.05, 3.63) is 97.9 Å². The van der Waals surface area contributed by atoms with Gasteiger partial charge in [-0.15, -0.1) is 0 Å². The molecule has 3 aromatic carbocycles. The van der Waals surface area contributed by atoms with E-state index in [1.54, 1.807) is 23.1 Å². The Morgan fingerprint density at radius 2 is 1.73 bits per heavy atom. The third kappa shape index (κ3) is 8.98. The number of rotatable bonds is 11. The van der Waals surface area contributed by atoms with Crippen LogP contribution in [0.4, 0.5) is 0 Å². The zero-order valence-electron chi connectivity index (χ0n) is 23.6. The van der Waals surface area contributed by atoms with Gasteiger partial charge in [-0.05, 0) is 75.6 Å². The molecule has 0 aliphatic rings. The molecular weight excluding hydrogens is 611 g/mol. The van der Waals surface area contributed by atoms with E-state index in [4.69, 9.17) is 27.9 Å². The van der Waals surface area contributed by atoms with E-state index < -0.39 is 6.04 Å². The number of carbonyl (C=O) groups excluding carboxylic acids is 2. The van der Waals surface area contributed by atoms with Gasteiger partial charge in [-0.2, -0.15) is 0 Å². The molecule has 0 saturated carbocycles. The summed E-state index contributed by atoms with van der Waals surface area (Å²) in [5, 5.41) is 3.98. The van der Waals surface area contributed by atoms with Gasteiger partial charge >= 0.3 is 0 Å². The van der Waals surface area contributed by atoms with Crippen molar-refractivity contribution in [1.29, 1.82) is 0 Å². The first-order valence-corrected chi connectivity index (χ1v) is 14.9. The summed E-state index contributed by atoms with van der Waals surface area (Å²) >= 11 is 16.2. The lowest BCUT2D eigenvalue weighted by molar-refractivity contribution is -0.143. The van der Waals surface area contributed by atoms with Crippen LogP contribution in [-0.2, 0) is 28.0 Å². The summed E-state index contributed by atoms with van der Waals surface area (Å²) in [5.74, 6) is -0.0140. The van der Waals surface area contributed by atoms with Crippen molar-refractivity contribution in [2.75, 3.05) is 6.61 Å². The molecule has 5 nitrogen and oxygen atoms in total. The number of carbonyl (C=O) groups is 2. The second kappa shape index (κ2) is 14.4. The second-order valence-electron chi connectivity index (χ2n) is 11.0. The van der Waals surface area contributed by atoms with Crippen molar-refractivity contribution < 1.29 is 14.3 Å². The number of hydrogen-bond donors (Lipinski definition) is 1. The average molecular weight is 648 g/mol. The molecule has 0 bridgehead atoms. The van der Waals surface area contributed by atoms with E-state index in [-0.39, 0.29) is 36.4 Å². The molecule has 0 aliphatic heterocycles. The third-order valence-corrected chi connectivity index (χ3v) is 7.98. The summed E-state index contributed by atoms with van der Waals surface area (Å²) in [6.45, 7) is 10.2. The Balaban J connectivity index is 1.95. The molecule has 2 atom stereocenters. The van der Waals surface area contributed by atoms with Crippen molar-refractivity contribution in [3.8, 4) is 5.75 Å². The molecule has 2 amide bonds. The summed E-state index contributed by atoms with van der Waals surface area (Å²) in [5.41, 5.74) is 2.73. The Hall–Kier alpha value is -2.54. The smallest absolute Gasteiger partial charge is 0.261 e. The zero-order valence-corrected chi connectivity index (χ0v) is 26.7. The van der Waals surface area contributed by atoms with Gasteiger partial charge in [0.15, 0.2) is 6.61 Å². The molecule has 40 heavy (non-hydrogen) atoms. The third-order valence-electron chi connectivity index (χ3n) is 6.78. The van der Waals surface area contributed by atoms with Gasteiger partial charge in [0.1, 0.15) is 11.8 Å². The maximum absolute atomic E-state index is 13.9. The fourth-order valence-electron chi connectivity index (χ4n) is 4.14. The van der Waals surface area contributed by atoms with Crippen molar-refractivity contribution >= 4 is 50.9 Å². The molecule has 3 aromatic rings.